The highest BCUT2D eigenvalue weighted by Gasteiger charge is 2.72. The Morgan fingerprint density at radius 2 is 1.84 bits per heavy atom. The van der Waals surface area contributed by atoms with Gasteiger partial charge in [-0.15, -0.1) is 0 Å². The van der Waals surface area contributed by atoms with Crippen LogP contribution in [0.4, 0.5) is 0 Å². The number of likely N-dealkylation sites (N-methyl/N-ethyl adjacent to an activating group) is 1. The van der Waals surface area contributed by atoms with Gasteiger partial charge in [-0.1, -0.05) is 6.07 Å². The van der Waals surface area contributed by atoms with Crippen LogP contribution in [0, 0.1) is 0 Å². The van der Waals surface area contributed by atoms with E-state index >= 15 is 0 Å². The number of phenols is 1. The number of carbonyl (C=O) groups is 4. The highest BCUT2D eigenvalue weighted by atomic mass is 16.6. The second-order valence-electron chi connectivity index (χ2n) is 12.2. The average Bonchev–Trinajstić information content (AvgIpc) is 3.33. The fourth-order valence-electron chi connectivity index (χ4n) is 7.25. The zero-order valence-corrected chi connectivity index (χ0v) is 25.5. The summed E-state index contributed by atoms with van der Waals surface area (Å²) >= 11 is 0. The number of amides is 1. The van der Waals surface area contributed by atoms with Crippen molar-refractivity contribution in [3.05, 3.63) is 35.1 Å². The summed E-state index contributed by atoms with van der Waals surface area (Å²) < 4.78 is 22.5. The third kappa shape index (κ3) is 5.20. The Morgan fingerprint density at radius 1 is 1.14 bits per heavy atom. The molecule has 1 fully saturated rings. The van der Waals surface area contributed by atoms with E-state index in [1.54, 1.807) is 12.1 Å². The van der Waals surface area contributed by atoms with Gasteiger partial charge in [0.2, 0.25) is 5.91 Å². The van der Waals surface area contributed by atoms with Crippen molar-refractivity contribution < 1.29 is 48.3 Å². The van der Waals surface area contributed by atoms with Gasteiger partial charge >= 0.3 is 17.9 Å². The third-order valence-corrected chi connectivity index (χ3v) is 9.43. The molecule has 1 spiro atoms. The lowest BCUT2D eigenvalue weighted by molar-refractivity contribution is -0.180. The molecule has 1 aromatic carbocycles. The van der Waals surface area contributed by atoms with Gasteiger partial charge in [0.05, 0.1) is 11.0 Å². The number of nitrogens with zero attached hydrogens (tertiary/aromatic N) is 1. The molecule has 0 unspecified atom stereocenters. The molecule has 13 heteroatoms. The van der Waals surface area contributed by atoms with Crippen LogP contribution in [0.2, 0.25) is 0 Å². The van der Waals surface area contributed by atoms with E-state index in [0.29, 0.717) is 38.8 Å². The van der Waals surface area contributed by atoms with Crippen molar-refractivity contribution in [1.29, 1.82) is 0 Å². The van der Waals surface area contributed by atoms with Crippen LogP contribution in [0.1, 0.15) is 64.0 Å². The van der Waals surface area contributed by atoms with Crippen LogP contribution < -0.4 is 15.8 Å². The number of benzene rings is 1. The number of carbonyl (C=O) groups excluding carboxylic acids is 4. The molecule has 2 heterocycles. The first kappa shape index (κ1) is 31.7. The first-order valence-electron chi connectivity index (χ1n) is 15.1. The SMILES string of the molecule is CC(=O)N[C@@H](CCCCN)C(=O)O[C@@H](C)C(=O)O[C@@H](C)C(=O)OC1=CC[C@@]2(O)[C@H]3Cc4ccc(O)c5c4[C@@]2(CCN3C)[C@H]1O5. The lowest BCUT2D eigenvalue weighted by Crippen LogP contribution is -2.74. The van der Waals surface area contributed by atoms with Crippen molar-refractivity contribution in [3.63, 3.8) is 0 Å². The van der Waals surface area contributed by atoms with E-state index in [1.807, 2.05) is 13.1 Å². The fourth-order valence-corrected chi connectivity index (χ4v) is 7.25. The molecule has 0 aromatic heterocycles. The molecule has 2 aliphatic heterocycles. The number of hydrogen-bond donors (Lipinski definition) is 4. The summed E-state index contributed by atoms with van der Waals surface area (Å²) in [6.07, 6.45) is 0.821. The maximum absolute atomic E-state index is 13.2. The third-order valence-electron chi connectivity index (χ3n) is 9.43. The van der Waals surface area contributed by atoms with Crippen LogP contribution in [-0.2, 0) is 45.2 Å². The fraction of sp³-hybridized carbons (Fsp3) is 0.613. The van der Waals surface area contributed by atoms with E-state index in [9.17, 15) is 29.4 Å². The summed E-state index contributed by atoms with van der Waals surface area (Å²) in [5.41, 5.74) is 5.08. The van der Waals surface area contributed by atoms with Gasteiger partial charge in [-0.05, 0) is 83.8 Å². The van der Waals surface area contributed by atoms with Crippen molar-refractivity contribution in [3.8, 4) is 11.5 Å². The molecule has 0 saturated carbocycles. The normalized spacial score (nSPS) is 28.4. The Balaban J connectivity index is 1.26. The maximum atomic E-state index is 13.2. The van der Waals surface area contributed by atoms with E-state index in [2.05, 4.69) is 10.2 Å². The lowest BCUT2D eigenvalue weighted by Gasteiger charge is -2.61. The second kappa shape index (κ2) is 12.0. The molecule has 4 aliphatic rings. The van der Waals surface area contributed by atoms with E-state index in [4.69, 9.17) is 24.7 Å². The molecule has 0 radical (unpaired) electrons. The van der Waals surface area contributed by atoms with Gasteiger partial charge in [-0.25, -0.2) is 14.4 Å². The minimum absolute atomic E-state index is 0.0520. The molecule has 5 rings (SSSR count). The Hall–Kier alpha value is -3.68. The highest BCUT2D eigenvalue weighted by Crippen LogP contribution is 2.65. The number of nitrogens with two attached hydrogens (primary N) is 1. The summed E-state index contributed by atoms with van der Waals surface area (Å²) in [6.45, 7) is 5.01. The van der Waals surface area contributed by atoms with Crippen LogP contribution in [0.3, 0.4) is 0 Å². The summed E-state index contributed by atoms with van der Waals surface area (Å²) in [5, 5.41) is 25.4. The first-order valence-corrected chi connectivity index (χ1v) is 15.1. The van der Waals surface area contributed by atoms with Crippen LogP contribution in [0.25, 0.3) is 0 Å². The summed E-state index contributed by atoms with van der Waals surface area (Å²) in [4.78, 5) is 52.3. The predicted octanol–water partition coefficient (Wildman–Crippen LogP) is 0.710. The van der Waals surface area contributed by atoms with Crippen LogP contribution in [0.5, 0.6) is 11.5 Å². The van der Waals surface area contributed by atoms with Crippen molar-refractivity contribution in [1.82, 2.24) is 10.2 Å². The number of hydrogen-bond acceptors (Lipinski definition) is 12. The van der Waals surface area contributed by atoms with E-state index in [0.717, 1.165) is 11.1 Å². The molecule has 1 saturated heterocycles. The molecule has 240 valence electrons. The quantitative estimate of drug-likeness (QED) is 0.155. The molecule has 2 aliphatic carbocycles. The number of unbranched alkanes of at least 4 members (excludes halogenated alkanes) is 1. The van der Waals surface area contributed by atoms with Gasteiger partial charge in [-0.3, -0.25) is 4.79 Å². The van der Waals surface area contributed by atoms with E-state index in [1.165, 1.54) is 20.8 Å². The molecule has 44 heavy (non-hydrogen) atoms. The molecule has 13 nitrogen and oxygen atoms in total. The molecular weight excluding hydrogens is 574 g/mol. The zero-order chi connectivity index (χ0) is 32.0. The van der Waals surface area contributed by atoms with Gasteiger partial charge < -0.3 is 45.1 Å². The Bertz CT molecular complexity index is 1380. The lowest BCUT2D eigenvalue weighted by atomic mass is 9.50. The molecular formula is C31H41N3O10. The summed E-state index contributed by atoms with van der Waals surface area (Å²) in [6, 6.07) is 2.27. The van der Waals surface area contributed by atoms with Crippen molar-refractivity contribution in [2.24, 2.45) is 5.73 Å². The monoisotopic (exact) mass is 615 g/mol. The Labute approximate surface area is 255 Å². The number of esters is 3. The zero-order valence-electron chi connectivity index (χ0n) is 25.5. The van der Waals surface area contributed by atoms with Gasteiger partial charge in [0.15, 0.2) is 29.8 Å². The number of likely N-dealkylation sites (tertiary alicyclic amines) is 1. The van der Waals surface area contributed by atoms with Gasteiger partial charge in [-0.2, -0.15) is 0 Å². The van der Waals surface area contributed by atoms with Gasteiger partial charge in [0.25, 0.3) is 0 Å². The van der Waals surface area contributed by atoms with E-state index < -0.39 is 59.2 Å². The number of ether oxygens (including phenoxy) is 4. The standard InChI is InChI=1S/C31H41N3O10/c1-16(42-29(39)20(33-18(3)35)7-5-6-13-32)27(37)41-17(2)28(38)43-22-10-11-31(40)23-15-19-8-9-21(36)25-24(19)30(31,26(22)44-25)12-14-34(23)4/h8-10,16-17,20,23,26,36,40H,5-7,11-15,32H2,1-4H3,(H,33,35)/t16-,17-,20-,23+,26-,30-,31+/m0/s1. The predicted molar refractivity (Wildman–Crippen MR) is 154 cm³/mol. The molecule has 1 aromatic rings. The topological polar surface area (TPSA) is 187 Å². The smallest absolute Gasteiger partial charge is 0.352 e. The first-order chi connectivity index (χ1) is 20.8. The molecule has 1 amide bonds. The molecule has 7 atom stereocenters. The number of phenolic OH excluding ortho intramolecular Hbond substituents is 1. The molecule has 5 N–H and O–H groups in total. The van der Waals surface area contributed by atoms with E-state index in [-0.39, 0.29) is 36.1 Å². The van der Waals surface area contributed by atoms with Crippen molar-refractivity contribution in [2.75, 3.05) is 20.1 Å². The minimum Gasteiger partial charge on any atom is -0.504 e. The number of piperidine rings is 1. The highest BCUT2D eigenvalue weighted by molar-refractivity contribution is 5.86. The number of rotatable bonds is 11. The van der Waals surface area contributed by atoms with Gasteiger partial charge in [0.1, 0.15) is 11.8 Å². The average molecular weight is 616 g/mol. The maximum Gasteiger partial charge on any atom is 0.352 e. The Morgan fingerprint density at radius 3 is 2.55 bits per heavy atom. The number of aromatic hydroxyl groups is 1. The number of nitrogens with one attached hydrogen (secondary N) is 1. The van der Waals surface area contributed by atoms with Crippen LogP contribution in [-0.4, -0.2) is 95.1 Å². The van der Waals surface area contributed by atoms with Crippen LogP contribution >= 0.6 is 0 Å². The van der Waals surface area contributed by atoms with Crippen molar-refractivity contribution in [2.45, 2.75) is 101 Å². The molecule has 2 bridgehead atoms. The largest absolute Gasteiger partial charge is 0.504 e. The second-order valence-corrected chi connectivity index (χ2v) is 12.2. The van der Waals surface area contributed by atoms with Crippen LogP contribution in [0.15, 0.2) is 24.0 Å². The summed E-state index contributed by atoms with van der Waals surface area (Å²) in [7, 11) is 1.97. The number of aliphatic hydroxyl groups is 1. The summed E-state index contributed by atoms with van der Waals surface area (Å²) in [5.74, 6) is -2.68. The minimum atomic E-state index is -1.37. The van der Waals surface area contributed by atoms with Crippen molar-refractivity contribution >= 4 is 23.8 Å². The Kier molecular flexibility index (Phi) is 8.67. The van der Waals surface area contributed by atoms with Gasteiger partial charge in [0, 0.05) is 24.9 Å².